The van der Waals surface area contributed by atoms with E-state index < -0.39 is 35.3 Å². The third-order valence-corrected chi connectivity index (χ3v) is 5.63. The van der Waals surface area contributed by atoms with Gasteiger partial charge in [-0.1, -0.05) is 23.2 Å². The summed E-state index contributed by atoms with van der Waals surface area (Å²) in [5.74, 6) is -4.50. The van der Waals surface area contributed by atoms with E-state index in [4.69, 9.17) is 27.9 Å². The minimum absolute atomic E-state index is 0.00756. The van der Waals surface area contributed by atoms with Gasteiger partial charge in [0.15, 0.2) is 0 Å². The summed E-state index contributed by atoms with van der Waals surface area (Å²) < 4.78 is 56.7. The van der Waals surface area contributed by atoms with Crippen molar-refractivity contribution in [2.75, 3.05) is 13.7 Å². The van der Waals surface area contributed by atoms with Crippen LogP contribution in [0.4, 0.5) is 17.6 Å². The van der Waals surface area contributed by atoms with Crippen LogP contribution in [0.3, 0.4) is 0 Å². The zero-order chi connectivity index (χ0) is 25.3. The number of alkyl halides is 3. The van der Waals surface area contributed by atoms with Gasteiger partial charge in [-0.25, -0.2) is 9.18 Å². The van der Waals surface area contributed by atoms with Gasteiger partial charge in [-0.2, -0.15) is 13.2 Å². The Labute approximate surface area is 200 Å². The average molecular weight is 522 g/mol. The zero-order valence-corrected chi connectivity index (χ0v) is 19.0. The lowest BCUT2D eigenvalue weighted by Crippen LogP contribution is -2.52. The van der Waals surface area contributed by atoms with Gasteiger partial charge in [0.05, 0.1) is 23.4 Å². The number of carbonyl (C=O) groups is 3. The Hall–Kier alpha value is -2.92. The molecule has 1 aromatic carbocycles. The quantitative estimate of drug-likeness (QED) is 0.426. The van der Waals surface area contributed by atoms with Gasteiger partial charge in [-0.3, -0.25) is 14.6 Å². The Morgan fingerprint density at radius 3 is 2.41 bits per heavy atom. The van der Waals surface area contributed by atoms with Crippen LogP contribution >= 0.6 is 23.2 Å². The van der Waals surface area contributed by atoms with Crippen molar-refractivity contribution in [2.24, 2.45) is 0 Å². The molecule has 1 aliphatic rings. The van der Waals surface area contributed by atoms with E-state index in [1.54, 1.807) is 5.32 Å². The van der Waals surface area contributed by atoms with Gasteiger partial charge in [-0.15, -0.1) is 0 Å². The second kappa shape index (κ2) is 9.75. The van der Waals surface area contributed by atoms with Crippen molar-refractivity contribution in [2.45, 2.75) is 31.0 Å². The fourth-order valence-corrected chi connectivity index (χ4v) is 3.76. The summed E-state index contributed by atoms with van der Waals surface area (Å²) in [5.41, 5.74) is -1.28. The smallest absolute Gasteiger partial charge is 0.465 e. The number of hydrogen-bond acceptors (Lipinski definition) is 5. The van der Waals surface area contributed by atoms with E-state index in [-0.39, 0.29) is 58.2 Å². The Morgan fingerprint density at radius 2 is 1.85 bits per heavy atom. The van der Waals surface area contributed by atoms with Gasteiger partial charge in [-0.05, 0) is 31.0 Å². The van der Waals surface area contributed by atoms with Crippen molar-refractivity contribution in [1.82, 2.24) is 15.6 Å². The highest BCUT2D eigenvalue weighted by Crippen LogP contribution is 2.37. The molecule has 0 aliphatic heterocycles. The molecule has 2 amide bonds. The molecule has 1 aromatic heterocycles. The number of pyridine rings is 1. The molecule has 1 heterocycles. The molecule has 0 atom stereocenters. The van der Waals surface area contributed by atoms with Gasteiger partial charge in [0.1, 0.15) is 11.4 Å². The van der Waals surface area contributed by atoms with E-state index in [1.807, 2.05) is 0 Å². The molecule has 182 valence electrons. The van der Waals surface area contributed by atoms with Crippen molar-refractivity contribution >= 4 is 41.0 Å². The lowest BCUT2D eigenvalue weighted by atomic mass is 10.0. The van der Waals surface area contributed by atoms with E-state index in [1.165, 1.54) is 18.3 Å². The molecule has 13 heteroatoms. The van der Waals surface area contributed by atoms with Gasteiger partial charge in [0.25, 0.3) is 0 Å². The molecule has 1 aliphatic carbocycles. The normalized spacial score (nSPS) is 14.3. The third-order valence-electron chi connectivity index (χ3n) is 5.12. The molecule has 7 nitrogen and oxygen atoms in total. The number of rotatable bonds is 7. The van der Waals surface area contributed by atoms with E-state index in [2.05, 4.69) is 10.3 Å². The molecule has 0 radical (unpaired) electrons. The minimum Gasteiger partial charge on any atom is -0.465 e. The van der Waals surface area contributed by atoms with Crippen molar-refractivity contribution in [3.05, 3.63) is 51.5 Å². The standard InChI is InChI=1S/C21H17Cl2F4N3O4/c1-34-17(31)16-12(7-11(22)8-13(16)23)10-6-14(24)15(29-9-10)2-5-28-18(32)20(3-4-20)30-19(33)21(25,26)27/h6-9H,2-5H2,1H3,(H,28,32)(H,30,33). The van der Waals surface area contributed by atoms with Crippen LogP contribution in [0, 0.1) is 5.82 Å². The minimum atomic E-state index is -5.11. The second-order valence-electron chi connectivity index (χ2n) is 7.49. The molecule has 1 fully saturated rings. The SMILES string of the molecule is COC(=O)c1c(Cl)cc(Cl)cc1-c1cnc(CCNC(=O)C2(NC(=O)C(F)(F)F)CC2)c(F)c1. The summed E-state index contributed by atoms with van der Waals surface area (Å²) in [4.78, 5) is 39.5. The number of hydrogen-bond donors (Lipinski definition) is 2. The molecular weight excluding hydrogens is 505 g/mol. The fraction of sp³-hybridized carbons (Fsp3) is 0.333. The van der Waals surface area contributed by atoms with Gasteiger partial charge in [0.2, 0.25) is 5.91 Å². The van der Waals surface area contributed by atoms with Crippen LogP contribution in [0.25, 0.3) is 11.1 Å². The number of ether oxygens (including phenoxy) is 1. The molecule has 0 bridgehead atoms. The molecule has 34 heavy (non-hydrogen) atoms. The number of carbonyl (C=O) groups excluding carboxylic acids is 3. The summed E-state index contributed by atoms with van der Waals surface area (Å²) in [6, 6.07) is 3.84. The van der Waals surface area contributed by atoms with Crippen LogP contribution in [0.2, 0.25) is 10.0 Å². The van der Waals surface area contributed by atoms with Gasteiger partial charge in [0, 0.05) is 35.3 Å². The molecule has 2 N–H and O–H groups in total. The zero-order valence-electron chi connectivity index (χ0n) is 17.5. The summed E-state index contributed by atoms with van der Waals surface area (Å²) in [5, 5.41) is 4.29. The molecule has 0 unspecified atom stereocenters. The van der Waals surface area contributed by atoms with Crippen LogP contribution in [0.5, 0.6) is 0 Å². The lowest BCUT2D eigenvalue weighted by molar-refractivity contribution is -0.175. The number of nitrogens with one attached hydrogen (secondary N) is 2. The molecule has 0 spiro atoms. The Morgan fingerprint density at radius 1 is 1.18 bits per heavy atom. The molecule has 0 saturated heterocycles. The summed E-state index contributed by atoms with van der Waals surface area (Å²) >= 11 is 12.1. The van der Waals surface area contributed by atoms with E-state index in [0.717, 1.165) is 13.2 Å². The largest absolute Gasteiger partial charge is 0.471 e. The maximum absolute atomic E-state index is 14.7. The Balaban J connectivity index is 1.69. The second-order valence-corrected chi connectivity index (χ2v) is 8.34. The Kier molecular flexibility index (Phi) is 7.37. The number of aromatic nitrogens is 1. The average Bonchev–Trinajstić information content (AvgIpc) is 3.53. The highest BCUT2D eigenvalue weighted by atomic mass is 35.5. The molecular formula is C21H17Cl2F4N3O4. The summed E-state index contributed by atoms with van der Waals surface area (Å²) in [7, 11) is 1.16. The molecule has 2 aromatic rings. The first-order valence-corrected chi connectivity index (χ1v) is 10.5. The van der Waals surface area contributed by atoms with Crippen molar-refractivity contribution in [1.29, 1.82) is 0 Å². The highest BCUT2D eigenvalue weighted by molar-refractivity contribution is 6.37. The number of nitrogens with zero attached hydrogens (tertiary/aromatic N) is 1. The highest BCUT2D eigenvalue weighted by Gasteiger charge is 2.54. The predicted molar refractivity (Wildman–Crippen MR) is 114 cm³/mol. The van der Waals surface area contributed by atoms with E-state index >= 15 is 0 Å². The van der Waals surface area contributed by atoms with Crippen LogP contribution in [0.1, 0.15) is 28.9 Å². The first kappa shape index (κ1) is 25.7. The first-order valence-electron chi connectivity index (χ1n) is 9.78. The van der Waals surface area contributed by atoms with Crippen molar-refractivity contribution in [3.63, 3.8) is 0 Å². The van der Waals surface area contributed by atoms with E-state index in [0.29, 0.717) is 0 Å². The van der Waals surface area contributed by atoms with Crippen LogP contribution in [-0.2, 0) is 20.7 Å². The van der Waals surface area contributed by atoms with Crippen molar-refractivity contribution in [3.8, 4) is 11.1 Å². The number of halogens is 6. The predicted octanol–water partition coefficient (Wildman–Crippen LogP) is 3.85. The van der Waals surface area contributed by atoms with Crippen LogP contribution < -0.4 is 10.6 Å². The van der Waals surface area contributed by atoms with Gasteiger partial charge >= 0.3 is 18.1 Å². The molecule has 3 rings (SSSR count). The van der Waals surface area contributed by atoms with Crippen molar-refractivity contribution < 1.29 is 36.7 Å². The number of amides is 2. The summed E-state index contributed by atoms with van der Waals surface area (Å²) in [6.45, 7) is -0.137. The first-order chi connectivity index (χ1) is 15.9. The lowest BCUT2D eigenvalue weighted by Gasteiger charge is -2.18. The topological polar surface area (TPSA) is 97.4 Å². The maximum atomic E-state index is 14.7. The van der Waals surface area contributed by atoms with E-state index in [9.17, 15) is 31.9 Å². The monoisotopic (exact) mass is 521 g/mol. The van der Waals surface area contributed by atoms with Crippen LogP contribution in [-0.4, -0.2) is 48.1 Å². The maximum Gasteiger partial charge on any atom is 0.471 e. The molecule has 1 saturated carbocycles. The number of benzene rings is 1. The Bertz CT molecular complexity index is 1150. The fourth-order valence-electron chi connectivity index (χ4n) is 3.19. The number of esters is 1. The van der Waals surface area contributed by atoms with Gasteiger partial charge < -0.3 is 15.4 Å². The third kappa shape index (κ3) is 5.58. The summed E-state index contributed by atoms with van der Waals surface area (Å²) in [6.07, 6.45) is -3.78. The number of methoxy groups -OCH3 is 1. The van der Waals surface area contributed by atoms with Crippen LogP contribution in [0.15, 0.2) is 24.4 Å².